The summed E-state index contributed by atoms with van der Waals surface area (Å²) in [4.78, 5) is 43.6. The summed E-state index contributed by atoms with van der Waals surface area (Å²) < 4.78 is 5.61. The molecule has 3 aromatic rings. The number of nitrogens with zero attached hydrogens (tertiary/aromatic N) is 5. The molecule has 38 heavy (non-hydrogen) atoms. The monoisotopic (exact) mass is 516 g/mol. The number of amides is 2. The Balaban J connectivity index is 1.44. The Hall–Kier alpha value is -4.05. The molecule has 0 spiro atoms. The molecule has 10 nitrogen and oxygen atoms in total. The van der Waals surface area contributed by atoms with E-state index in [0.717, 1.165) is 30.0 Å². The Kier molecular flexibility index (Phi) is 6.98. The molecular formula is C28H34N7O3+. The van der Waals surface area contributed by atoms with Crippen LogP contribution in [0.1, 0.15) is 49.9 Å². The van der Waals surface area contributed by atoms with Gasteiger partial charge in [0, 0.05) is 37.5 Å². The Morgan fingerprint density at radius 3 is 2.66 bits per heavy atom. The summed E-state index contributed by atoms with van der Waals surface area (Å²) in [6.45, 7) is 4.60. The van der Waals surface area contributed by atoms with Crippen LogP contribution in [0.4, 0.5) is 29.0 Å². The lowest BCUT2D eigenvalue weighted by atomic mass is 9.91. The molecule has 1 saturated carbocycles. The van der Waals surface area contributed by atoms with E-state index in [1.54, 1.807) is 55.7 Å². The van der Waals surface area contributed by atoms with Gasteiger partial charge in [0.15, 0.2) is 17.3 Å². The van der Waals surface area contributed by atoms with Gasteiger partial charge < -0.3 is 19.9 Å². The highest BCUT2D eigenvalue weighted by Gasteiger charge is 2.41. The third-order valence-corrected chi connectivity index (χ3v) is 7.30. The predicted octanol–water partition coefficient (Wildman–Crippen LogP) is 3.41. The molecule has 198 valence electrons. The first-order chi connectivity index (χ1) is 18.3. The van der Waals surface area contributed by atoms with Gasteiger partial charge in [-0.3, -0.25) is 9.59 Å². The van der Waals surface area contributed by atoms with Crippen molar-refractivity contribution in [3.63, 3.8) is 0 Å². The summed E-state index contributed by atoms with van der Waals surface area (Å²) >= 11 is 0. The van der Waals surface area contributed by atoms with Crippen LogP contribution in [0, 0.1) is 5.41 Å². The molecule has 2 aliphatic rings. The number of rotatable bonds is 6. The first-order valence-corrected chi connectivity index (χ1v) is 12.9. The number of nitrogens with two attached hydrogens (primary N) is 1. The van der Waals surface area contributed by atoms with Crippen LogP contribution in [-0.2, 0) is 4.79 Å². The minimum Gasteiger partial charge on any atom is -0.491 e. The molecule has 3 heterocycles. The molecule has 5 rings (SSSR count). The van der Waals surface area contributed by atoms with Crippen LogP contribution < -0.4 is 25.2 Å². The number of anilines is 3. The number of nitrogens with one attached hydrogen (secondary N) is 1. The Labute approximate surface area is 222 Å². The van der Waals surface area contributed by atoms with Crippen molar-refractivity contribution in [1.82, 2.24) is 15.0 Å². The normalized spacial score (nSPS) is 17.2. The van der Waals surface area contributed by atoms with Crippen LogP contribution in [0.25, 0.3) is 0 Å². The molecule has 0 saturated heterocycles. The second-order valence-corrected chi connectivity index (χ2v) is 10.5. The predicted molar refractivity (Wildman–Crippen MR) is 145 cm³/mol. The fourth-order valence-electron chi connectivity index (χ4n) is 5.28. The number of quaternary nitrogens is 1. The van der Waals surface area contributed by atoms with Gasteiger partial charge >= 0.3 is 5.95 Å². The van der Waals surface area contributed by atoms with Crippen LogP contribution in [0.2, 0.25) is 0 Å². The van der Waals surface area contributed by atoms with Gasteiger partial charge in [-0.15, -0.1) is 0 Å². The van der Waals surface area contributed by atoms with Gasteiger partial charge in [0.25, 0.3) is 5.91 Å². The van der Waals surface area contributed by atoms with Crippen molar-refractivity contribution in [3.05, 3.63) is 54.4 Å². The second-order valence-electron chi connectivity index (χ2n) is 10.5. The van der Waals surface area contributed by atoms with Crippen LogP contribution in [0.5, 0.6) is 5.75 Å². The first kappa shape index (κ1) is 25.6. The molecule has 10 heteroatoms. The van der Waals surface area contributed by atoms with E-state index in [4.69, 9.17) is 9.72 Å². The molecule has 1 fully saturated rings. The number of carbonyl (C=O) groups is 2. The molecule has 1 aliphatic heterocycles. The van der Waals surface area contributed by atoms with Gasteiger partial charge in [0.2, 0.25) is 5.91 Å². The summed E-state index contributed by atoms with van der Waals surface area (Å²) in [6, 6.07) is 10.9. The average Bonchev–Trinajstić information content (AvgIpc) is 3.44. The largest absolute Gasteiger partial charge is 0.491 e. The van der Waals surface area contributed by atoms with E-state index in [1.807, 2.05) is 31.3 Å². The fraction of sp³-hybridized carbons (Fsp3) is 0.393. The van der Waals surface area contributed by atoms with E-state index in [-0.39, 0.29) is 11.8 Å². The first-order valence-electron chi connectivity index (χ1n) is 12.9. The van der Waals surface area contributed by atoms with Crippen LogP contribution in [0.15, 0.2) is 48.8 Å². The number of ether oxygens (including phenoxy) is 1. The van der Waals surface area contributed by atoms with Crippen LogP contribution >= 0.6 is 0 Å². The molecule has 1 aromatic carbocycles. The molecule has 2 aromatic heterocycles. The van der Waals surface area contributed by atoms with Crippen molar-refractivity contribution < 1.29 is 19.6 Å². The molecule has 0 unspecified atom stereocenters. The van der Waals surface area contributed by atoms with E-state index in [1.165, 1.54) is 12.8 Å². The lowest BCUT2D eigenvalue weighted by molar-refractivity contribution is -0.488. The number of fused-ring (bicyclic) bond motifs is 1. The summed E-state index contributed by atoms with van der Waals surface area (Å²) in [5.41, 5.74) is 1.37. The standard InChI is InChI=1S/C28H33N7O3/c1-28(2)17-35(19-9-5-6-10-19)24-21(34(3)26(28)37)16-30-27(33-24)31-20-13-12-18(15-22(20)38-4)25(36)32-23-11-7-8-14-29-23/h7-8,11-16,19H,5-6,9-10,17H2,1-4H3,(H,29,32,36)(H,30,31,33)/p+1. The van der Waals surface area contributed by atoms with Gasteiger partial charge in [-0.05, 0) is 51.0 Å². The van der Waals surface area contributed by atoms with Gasteiger partial charge in [-0.2, -0.15) is 9.97 Å². The SMILES string of the molecule is COc1cc(C(=O)Nc2ccccn2)ccc1[NH2+]c1ncc2c(n1)N(C1CCCC1)CC(C)(C)C(=O)N2C. The number of benzene rings is 1. The summed E-state index contributed by atoms with van der Waals surface area (Å²) in [5, 5.41) is 4.62. The van der Waals surface area contributed by atoms with Crippen molar-refractivity contribution in [3.8, 4) is 5.75 Å². The Bertz CT molecular complexity index is 1340. The Morgan fingerprint density at radius 2 is 1.95 bits per heavy atom. The van der Waals surface area contributed by atoms with E-state index in [2.05, 4.69) is 20.2 Å². The fourth-order valence-corrected chi connectivity index (χ4v) is 5.28. The lowest BCUT2D eigenvalue weighted by Gasteiger charge is -2.33. The van der Waals surface area contributed by atoms with Crippen molar-refractivity contribution in [2.45, 2.75) is 45.6 Å². The molecular weight excluding hydrogens is 482 g/mol. The quantitative estimate of drug-likeness (QED) is 0.482. The third-order valence-electron chi connectivity index (χ3n) is 7.30. The topological polar surface area (TPSA) is 117 Å². The second kappa shape index (κ2) is 10.4. The lowest BCUT2D eigenvalue weighted by Crippen LogP contribution is -2.72. The van der Waals surface area contributed by atoms with E-state index in [0.29, 0.717) is 35.7 Å². The Morgan fingerprint density at radius 1 is 1.16 bits per heavy atom. The molecule has 1 aliphatic carbocycles. The minimum absolute atomic E-state index is 0.0563. The van der Waals surface area contributed by atoms with E-state index >= 15 is 0 Å². The highest BCUT2D eigenvalue weighted by Crippen LogP contribution is 2.40. The van der Waals surface area contributed by atoms with Crippen LogP contribution in [-0.4, -0.2) is 53.5 Å². The third kappa shape index (κ3) is 5.04. The highest BCUT2D eigenvalue weighted by atomic mass is 16.5. The summed E-state index contributed by atoms with van der Waals surface area (Å²) in [7, 11) is 3.36. The number of hydrogen-bond donors (Lipinski definition) is 2. The smallest absolute Gasteiger partial charge is 0.332 e. The minimum atomic E-state index is -0.545. The molecule has 3 N–H and O–H groups in total. The van der Waals surface area contributed by atoms with Crippen molar-refractivity contribution in [1.29, 1.82) is 0 Å². The van der Waals surface area contributed by atoms with Gasteiger partial charge in [-0.1, -0.05) is 18.9 Å². The molecule has 0 bridgehead atoms. The maximum Gasteiger partial charge on any atom is 0.332 e. The maximum atomic E-state index is 13.2. The van der Waals surface area contributed by atoms with Gasteiger partial charge in [0.05, 0.1) is 18.7 Å². The van der Waals surface area contributed by atoms with Gasteiger partial charge in [0.1, 0.15) is 11.5 Å². The summed E-state index contributed by atoms with van der Waals surface area (Å²) in [6.07, 6.45) is 7.90. The van der Waals surface area contributed by atoms with Crippen LogP contribution in [0.3, 0.4) is 0 Å². The van der Waals surface area contributed by atoms with Crippen molar-refractivity contribution >= 4 is 40.8 Å². The highest BCUT2D eigenvalue weighted by molar-refractivity contribution is 6.04. The number of methoxy groups -OCH3 is 1. The zero-order chi connectivity index (χ0) is 26.9. The van der Waals surface area contributed by atoms with Crippen molar-refractivity contribution in [2.24, 2.45) is 5.41 Å². The van der Waals surface area contributed by atoms with E-state index < -0.39 is 5.41 Å². The molecule has 0 atom stereocenters. The maximum absolute atomic E-state index is 13.2. The number of carbonyl (C=O) groups excluding carboxylic acids is 2. The van der Waals surface area contributed by atoms with Crippen molar-refractivity contribution in [2.75, 3.05) is 35.8 Å². The zero-order valence-corrected chi connectivity index (χ0v) is 22.3. The molecule has 2 amide bonds. The van der Waals surface area contributed by atoms with Gasteiger partial charge in [-0.25, -0.2) is 10.3 Å². The average molecular weight is 517 g/mol. The van der Waals surface area contributed by atoms with E-state index in [9.17, 15) is 9.59 Å². The number of pyridine rings is 1. The number of aromatic nitrogens is 3. The molecule has 0 radical (unpaired) electrons. The number of hydrogen-bond acceptors (Lipinski definition) is 7. The summed E-state index contributed by atoms with van der Waals surface area (Å²) in [5.74, 6) is 2.07. The zero-order valence-electron chi connectivity index (χ0n) is 22.3.